The van der Waals surface area contributed by atoms with Gasteiger partial charge in [0.05, 0.1) is 11.6 Å². The summed E-state index contributed by atoms with van der Waals surface area (Å²) in [5, 5.41) is 4.27. The van der Waals surface area contributed by atoms with E-state index in [-0.39, 0.29) is 24.0 Å². The third kappa shape index (κ3) is 7.35. The highest BCUT2D eigenvalue weighted by Gasteiger charge is 2.15. The van der Waals surface area contributed by atoms with Crippen LogP contribution >= 0.6 is 35.6 Å². The first-order chi connectivity index (χ1) is 12.4. The van der Waals surface area contributed by atoms with E-state index in [1.165, 1.54) is 5.56 Å². The van der Waals surface area contributed by atoms with Crippen LogP contribution in [0.25, 0.3) is 0 Å². The lowest BCUT2D eigenvalue weighted by Gasteiger charge is -2.28. The molecule has 2 aromatic rings. The molecule has 1 heterocycles. The average molecular weight is 504 g/mol. The molecule has 2 rings (SSSR count). The normalized spacial score (nSPS) is 12.6. The molecule has 1 aromatic heterocycles. The maximum absolute atomic E-state index is 6.09. The lowest BCUT2D eigenvalue weighted by atomic mass is 10.1. The molecule has 0 aliphatic rings. The molecule has 0 radical (unpaired) electrons. The lowest BCUT2D eigenvalue weighted by molar-refractivity contribution is 0.287. The Morgan fingerprint density at radius 3 is 2.41 bits per heavy atom. The molecule has 1 N–H and O–H groups in total. The predicted octanol–water partition coefficient (Wildman–Crippen LogP) is 3.48. The maximum Gasteiger partial charge on any atom is 0.193 e. The van der Waals surface area contributed by atoms with Crippen LogP contribution in [0.1, 0.15) is 11.3 Å². The Morgan fingerprint density at radius 2 is 1.89 bits per heavy atom. The molecule has 0 bridgehead atoms. The summed E-state index contributed by atoms with van der Waals surface area (Å²) in [4.78, 5) is 8.80. The van der Waals surface area contributed by atoms with E-state index in [0.717, 1.165) is 36.2 Å². The second-order valence-electron chi connectivity index (χ2n) is 6.85. The van der Waals surface area contributed by atoms with Crippen molar-refractivity contribution in [3.63, 3.8) is 0 Å². The van der Waals surface area contributed by atoms with E-state index < -0.39 is 0 Å². The molecule has 0 amide bonds. The number of guanidine groups is 1. The molecular formula is C20H31ClIN5. The topological polar surface area (TPSA) is 35.8 Å². The zero-order valence-electron chi connectivity index (χ0n) is 16.8. The third-order valence-electron chi connectivity index (χ3n) is 4.59. The summed E-state index contributed by atoms with van der Waals surface area (Å²) in [7, 11) is 10.1. The Morgan fingerprint density at radius 1 is 1.22 bits per heavy atom. The first-order valence-electron chi connectivity index (χ1n) is 8.83. The molecule has 1 atom stereocenters. The number of aliphatic imine (C=N–C) groups is 1. The van der Waals surface area contributed by atoms with E-state index >= 15 is 0 Å². The second-order valence-corrected chi connectivity index (χ2v) is 7.29. The summed E-state index contributed by atoms with van der Waals surface area (Å²) in [5.74, 6) is 0.877. The van der Waals surface area contributed by atoms with Gasteiger partial charge in [-0.2, -0.15) is 0 Å². The minimum absolute atomic E-state index is 0. The van der Waals surface area contributed by atoms with Gasteiger partial charge in [0.15, 0.2) is 5.96 Å². The van der Waals surface area contributed by atoms with Gasteiger partial charge < -0.3 is 19.7 Å². The van der Waals surface area contributed by atoms with Crippen molar-refractivity contribution in [2.45, 2.75) is 19.0 Å². The summed E-state index contributed by atoms with van der Waals surface area (Å²) < 4.78 is 2.05. The Bertz CT molecular complexity index is 714. The Hall–Kier alpha value is -1.25. The van der Waals surface area contributed by atoms with Crippen molar-refractivity contribution < 1.29 is 0 Å². The second kappa shape index (κ2) is 11.6. The Balaban J connectivity index is 0.00000364. The van der Waals surface area contributed by atoms with Gasteiger partial charge in [0.2, 0.25) is 0 Å². The van der Waals surface area contributed by atoms with E-state index in [2.05, 4.69) is 64.5 Å². The van der Waals surface area contributed by atoms with Crippen LogP contribution in [0.2, 0.25) is 5.02 Å². The molecule has 0 spiro atoms. The minimum Gasteiger partial charge on any atom is -0.355 e. The van der Waals surface area contributed by atoms with E-state index in [4.69, 9.17) is 11.6 Å². The summed E-state index contributed by atoms with van der Waals surface area (Å²) in [6.45, 7) is 1.57. The molecule has 1 aromatic carbocycles. The number of nitrogens with one attached hydrogen (secondary N) is 1. The van der Waals surface area contributed by atoms with Crippen LogP contribution in [-0.2, 0) is 20.0 Å². The van der Waals surface area contributed by atoms with Crippen LogP contribution in [0.4, 0.5) is 0 Å². The fourth-order valence-corrected chi connectivity index (χ4v) is 3.23. The summed E-state index contributed by atoms with van der Waals surface area (Å²) in [5.41, 5.74) is 2.49. The van der Waals surface area contributed by atoms with Crippen molar-refractivity contribution >= 4 is 41.5 Å². The van der Waals surface area contributed by atoms with Crippen LogP contribution in [0, 0.1) is 0 Å². The van der Waals surface area contributed by atoms with Crippen molar-refractivity contribution in [3.8, 4) is 0 Å². The van der Waals surface area contributed by atoms with Crippen LogP contribution < -0.4 is 5.32 Å². The summed E-state index contributed by atoms with van der Waals surface area (Å²) >= 11 is 6.09. The standard InChI is InChI=1S/C20H30ClN5.HI/c1-22-20(26(5)15-19-12-17(21)14-25(19)4)23-13-18(24(2)3)11-16-9-7-6-8-10-16;/h6-10,12,14,18H,11,13,15H2,1-5H3,(H,22,23);1H. The minimum atomic E-state index is 0. The number of benzene rings is 1. The number of halogens is 2. The van der Waals surface area contributed by atoms with Gasteiger partial charge in [-0.25, -0.2) is 0 Å². The van der Waals surface area contributed by atoms with Crippen LogP contribution in [0.3, 0.4) is 0 Å². The number of hydrogen-bond acceptors (Lipinski definition) is 2. The van der Waals surface area contributed by atoms with Gasteiger partial charge in [0, 0.05) is 45.6 Å². The highest BCUT2D eigenvalue weighted by atomic mass is 127. The molecule has 27 heavy (non-hydrogen) atoms. The molecule has 150 valence electrons. The molecule has 0 saturated heterocycles. The van der Waals surface area contributed by atoms with Crippen LogP contribution in [-0.4, -0.2) is 61.1 Å². The largest absolute Gasteiger partial charge is 0.355 e. The molecular weight excluding hydrogens is 473 g/mol. The van der Waals surface area contributed by atoms with E-state index in [1.807, 2.05) is 38.0 Å². The van der Waals surface area contributed by atoms with Crippen molar-refractivity contribution in [1.82, 2.24) is 19.7 Å². The molecule has 0 aliphatic carbocycles. The van der Waals surface area contributed by atoms with Crippen molar-refractivity contribution in [2.75, 3.05) is 34.7 Å². The van der Waals surface area contributed by atoms with Gasteiger partial charge in [0.25, 0.3) is 0 Å². The number of likely N-dealkylation sites (N-methyl/N-ethyl adjacent to an activating group) is 1. The van der Waals surface area contributed by atoms with Gasteiger partial charge >= 0.3 is 0 Å². The fraction of sp³-hybridized carbons (Fsp3) is 0.450. The van der Waals surface area contributed by atoms with Gasteiger partial charge in [-0.05, 0) is 32.1 Å². The highest BCUT2D eigenvalue weighted by molar-refractivity contribution is 14.0. The third-order valence-corrected chi connectivity index (χ3v) is 4.79. The summed E-state index contributed by atoms with van der Waals surface area (Å²) in [6.07, 6.45) is 2.91. The zero-order chi connectivity index (χ0) is 19.1. The average Bonchev–Trinajstić information content (AvgIpc) is 2.92. The molecule has 0 aliphatic heterocycles. The van der Waals surface area contributed by atoms with Crippen molar-refractivity contribution in [3.05, 3.63) is 58.9 Å². The Labute approximate surface area is 185 Å². The van der Waals surface area contributed by atoms with Crippen LogP contribution in [0.15, 0.2) is 47.6 Å². The molecule has 0 saturated carbocycles. The van der Waals surface area contributed by atoms with Crippen molar-refractivity contribution in [2.24, 2.45) is 12.0 Å². The van der Waals surface area contributed by atoms with E-state index in [1.54, 1.807) is 0 Å². The van der Waals surface area contributed by atoms with E-state index in [9.17, 15) is 0 Å². The molecule has 5 nitrogen and oxygen atoms in total. The van der Waals surface area contributed by atoms with Gasteiger partial charge in [0.1, 0.15) is 0 Å². The Kier molecular flexibility index (Phi) is 10.2. The molecule has 1 unspecified atom stereocenters. The SMILES string of the molecule is CN=C(NCC(Cc1ccccc1)N(C)C)N(C)Cc1cc(Cl)cn1C.I. The lowest BCUT2D eigenvalue weighted by Crippen LogP contribution is -2.46. The van der Waals surface area contributed by atoms with Gasteiger partial charge in [-0.3, -0.25) is 4.99 Å². The van der Waals surface area contributed by atoms with Gasteiger partial charge in [-0.1, -0.05) is 41.9 Å². The number of hydrogen-bond donors (Lipinski definition) is 1. The fourth-order valence-electron chi connectivity index (χ4n) is 2.96. The first kappa shape index (κ1) is 23.8. The van der Waals surface area contributed by atoms with Crippen molar-refractivity contribution in [1.29, 1.82) is 0 Å². The number of aromatic nitrogens is 1. The predicted molar refractivity (Wildman–Crippen MR) is 126 cm³/mol. The molecule has 0 fully saturated rings. The maximum atomic E-state index is 6.09. The summed E-state index contributed by atoms with van der Waals surface area (Å²) in [6, 6.07) is 13.0. The smallest absolute Gasteiger partial charge is 0.193 e. The number of nitrogens with zero attached hydrogens (tertiary/aromatic N) is 4. The zero-order valence-corrected chi connectivity index (χ0v) is 19.9. The van der Waals surface area contributed by atoms with Crippen LogP contribution in [0.5, 0.6) is 0 Å². The monoisotopic (exact) mass is 503 g/mol. The van der Waals surface area contributed by atoms with E-state index in [0.29, 0.717) is 6.04 Å². The highest BCUT2D eigenvalue weighted by Crippen LogP contribution is 2.14. The van der Waals surface area contributed by atoms with Gasteiger partial charge in [-0.15, -0.1) is 24.0 Å². The first-order valence-corrected chi connectivity index (χ1v) is 9.21. The number of rotatable bonds is 7. The number of aryl methyl sites for hydroxylation is 1. The quantitative estimate of drug-likeness (QED) is 0.357. The molecule has 7 heteroatoms.